The molecule has 10 rings (SSSR count). The molecule has 7 heterocycles. The normalized spacial score (nSPS) is 23.2. The zero-order valence-electron chi connectivity index (χ0n) is 44.9. The van der Waals surface area contributed by atoms with Crippen molar-refractivity contribution < 1.29 is 29.1 Å². The minimum Gasteiger partial charge on any atom is -0.507 e. The van der Waals surface area contributed by atoms with Crippen LogP contribution in [-0.4, -0.2) is 145 Å². The van der Waals surface area contributed by atoms with Crippen LogP contribution in [0.2, 0.25) is 0 Å². The Balaban J connectivity index is 0.618. The molecule has 5 fully saturated rings. The predicted octanol–water partition coefficient (Wildman–Crippen LogP) is 6.67. The highest BCUT2D eigenvalue weighted by atomic mass is 16.5. The summed E-state index contributed by atoms with van der Waals surface area (Å²) >= 11 is 0. The van der Waals surface area contributed by atoms with Gasteiger partial charge in [-0.2, -0.15) is 10.4 Å². The summed E-state index contributed by atoms with van der Waals surface area (Å²) in [6.45, 7) is 15.3. The number of piperidine rings is 3. The minimum atomic E-state index is -0.819. The third kappa shape index (κ3) is 12.5. The number of likely N-dealkylation sites (tertiary alicyclic amines) is 3. The molecule has 5 atom stereocenters. The number of benzene rings is 2. The molecule has 1 saturated carbocycles. The Morgan fingerprint density at radius 1 is 0.883 bits per heavy atom. The summed E-state index contributed by atoms with van der Waals surface area (Å²) < 4.78 is 14.7. The molecule has 5 aliphatic rings. The van der Waals surface area contributed by atoms with E-state index >= 15 is 0 Å². The number of phenols is 1. The van der Waals surface area contributed by atoms with Crippen LogP contribution in [0.1, 0.15) is 131 Å². The summed E-state index contributed by atoms with van der Waals surface area (Å²) in [6.07, 6.45) is 12.6. The Kier molecular flexibility index (Phi) is 16.6. The first kappa shape index (κ1) is 53.6. The quantitative estimate of drug-likeness (QED) is 0.0804. The Morgan fingerprint density at radius 2 is 1.62 bits per heavy atom. The molecule has 77 heavy (non-hydrogen) atoms. The molecule has 0 bridgehead atoms. The van der Waals surface area contributed by atoms with Crippen LogP contribution >= 0.6 is 0 Å². The fourth-order valence-corrected chi connectivity index (χ4v) is 12.3. The van der Waals surface area contributed by atoms with Crippen LogP contribution in [0.25, 0.3) is 11.3 Å². The molecule has 1 aliphatic carbocycles. The van der Waals surface area contributed by atoms with Crippen molar-refractivity contribution in [3.05, 3.63) is 101 Å². The van der Waals surface area contributed by atoms with Crippen molar-refractivity contribution in [3.8, 4) is 34.9 Å². The number of nitriles is 1. The number of β-amino-alcohol motifs (C(OH)–C–C–N with tert-alkyl or cyclic N) is 1. The molecule has 5 aromatic rings. The third-order valence-corrected chi connectivity index (χ3v) is 17.1. The highest BCUT2D eigenvalue weighted by molar-refractivity contribution is 5.91. The molecule has 0 spiro atoms. The second-order valence-electron chi connectivity index (χ2n) is 22.6. The van der Waals surface area contributed by atoms with Crippen molar-refractivity contribution in [2.45, 2.75) is 134 Å². The average Bonchev–Trinajstić information content (AvgIpc) is 4.22. The molecule has 0 radical (unpaired) electrons. The van der Waals surface area contributed by atoms with E-state index in [4.69, 9.17) is 25.4 Å². The van der Waals surface area contributed by atoms with Gasteiger partial charge in [0.05, 0.1) is 65.0 Å². The number of anilines is 2. The number of rotatable bonds is 15. The van der Waals surface area contributed by atoms with Crippen molar-refractivity contribution in [1.82, 2.24) is 45.2 Å². The van der Waals surface area contributed by atoms with Crippen LogP contribution in [0.5, 0.6) is 5.75 Å². The number of nitrogens with one attached hydrogen (secondary N) is 1. The number of aliphatic hydroxyl groups is 1. The molecule has 4 aliphatic heterocycles. The Labute approximate surface area is 451 Å². The molecule has 18 nitrogen and oxygen atoms in total. The number of aromatic nitrogens is 5. The fraction of sp³-hybridized carbons (Fsp3) is 0.542. The van der Waals surface area contributed by atoms with Gasteiger partial charge in [0.15, 0.2) is 17.4 Å². The maximum absolute atomic E-state index is 14.3. The maximum Gasteiger partial charge on any atom is 0.243 e. The van der Waals surface area contributed by atoms with Crippen molar-refractivity contribution in [2.24, 2.45) is 17.8 Å². The molecule has 2 amide bonds. The maximum atomic E-state index is 14.3. The number of phenolic OH excluding ortho intramolecular Hbond substituents is 1. The van der Waals surface area contributed by atoms with Crippen LogP contribution in [0, 0.1) is 40.9 Å². The van der Waals surface area contributed by atoms with Crippen LogP contribution in [0.4, 0.5) is 11.6 Å². The molecular formula is C59H74N12O6. The number of hydrogen-bond acceptors (Lipinski definition) is 15. The van der Waals surface area contributed by atoms with E-state index in [0.717, 1.165) is 114 Å². The third-order valence-electron chi connectivity index (χ3n) is 17.1. The monoisotopic (exact) mass is 1050 g/mol. The zero-order valence-corrected chi connectivity index (χ0v) is 44.9. The SMILES string of the molecule is CC(C)[C@@H](C(=O)N1C[C@H](O)C[C@H]1C(=O)N[C@@H](C)c1ccc(C#N)cc1)c1cc(N2CCC(CN3CCC(OC4CC(N5CCC(C(C)n6cc(C#Cc7cc(-c8ccccc8O)nnc7N)cn6)CC5)C4)CC3)CC2)no1. The van der Waals surface area contributed by atoms with Crippen molar-refractivity contribution in [1.29, 1.82) is 5.26 Å². The Morgan fingerprint density at radius 3 is 2.34 bits per heavy atom. The number of carbonyl (C=O) groups is 2. The lowest BCUT2D eigenvalue weighted by Crippen LogP contribution is -2.52. The van der Waals surface area contributed by atoms with Crippen LogP contribution in [-0.2, 0) is 14.3 Å². The van der Waals surface area contributed by atoms with Gasteiger partial charge in [-0.1, -0.05) is 55.1 Å². The average molecular weight is 1050 g/mol. The van der Waals surface area contributed by atoms with Crippen molar-refractivity contribution in [3.63, 3.8) is 0 Å². The van der Waals surface area contributed by atoms with Gasteiger partial charge < -0.3 is 50.1 Å². The van der Waals surface area contributed by atoms with Gasteiger partial charge in [0.2, 0.25) is 11.8 Å². The zero-order chi connectivity index (χ0) is 53.7. The first-order chi connectivity index (χ1) is 37.3. The molecule has 3 aromatic heterocycles. The summed E-state index contributed by atoms with van der Waals surface area (Å²) in [6, 6.07) is 19.5. The van der Waals surface area contributed by atoms with Gasteiger partial charge in [-0.15, -0.1) is 10.2 Å². The number of nitrogens with zero attached hydrogens (tertiary/aromatic N) is 10. The van der Waals surface area contributed by atoms with Crippen LogP contribution in [0.3, 0.4) is 0 Å². The second kappa shape index (κ2) is 23.8. The predicted molar refractivity (Wildman–Crippen MR) is 291 cm³/mol. The van der Waals surface area contributed by atoms with Crippen molar-refractivity contribution in [2.75, 3.05) is 63.0 Å². The first-order valence-corrected chi connectivity index (χ1v) is 27.9. The van der Waals surface area contributed by atoms with Gasteiger partial charge in [0, 0.05) is 69.6 Å². The van der Waals surface area contributed by atoms with E-state index in [2.05, 4.69) is 60.2 Å². The number of nitrogen functional groups attached to an aromatic ring is 1. The lowest BCUT2D eigenvalue weighted by Gasteiger charge is -2.47. The highest BCUT2D eigenvalue weighted by Crippen LogP contribution is 2.38. The molecule has 2 aromatic carbocycles. The van der Waals surface area contributed by atoms with E-state index in [1.807, 2.05) is 55.9 Å². The summed E-state index contributed by atoms with van der Waals surface area (Å²) in [7, 11) is 0. The van der Waals surface area contributed by atoms with Gasteiger partial charge >= 0.3 is 0 Å². The highest BCUT2D eigenvalue weighted by Gasteiger charge is 2.44. The lowest BCUT2D eigenvalue weighted by atomic mass is 9.83. The number of aromatic hydroxyl groups is 1. The Bertz CT molecular complexity index is 2930. The van der Waals surface area contributed by atoms with E-state index in [-0.39, 0.29) is 54.3 Å². The summed E-state index contributed by atoms with van der Waals surface area (Å²) in [5.74, 6) is 7.67. The van der Waals surface area contributed by atoms with E-state index in [0.29, 0.717) is 58.2 Å². The summed E-state index contributed by atoms with van der Waals surface area (Å²) in [4.78, 5) is 36.9. The van der Waals surface area contributed by atoms with Gasteiger partial charge in [-0.25, -0.2) is 0 Å². The van der Waals surface area contributed by atoms with Gasteiger partial charge in [-0.05, 0) is 132 Å². The second-order valence-corrected chi connectivity index (χ2v) is 22.6. The van der Waals surface area contributed by atoms with Crippen LogP contribution in [0.15, 0.2) is 77.6 Å². The summed E-state index contributed by atoms with van der Waals surface area (Å²) in [5, 5.41) is 50.5. The van der Waals surface area contributed by atoms with E-state index < -0.39 is 18.1 Å². The number of nitrogens with two attached hydrogens (primary N) is 1. The van der Waals surface area contributed by atoms with E-state index in [9.17, 15) is 19.8 Å². The number of para-hydroxylation sites is 1. The first-order valence-electron chi connectivity index (χ1n) is 27.9. The van der Waals surface area contributed by atoms with Gasteiger partial charge in [-0.3, -0.25) is 14.3 Å². The molecular weight excluding hydrogens is 973 g/mol. The lowest BCUT2D eigenvalue weighted by molar-refractivity contribution is -0.141. The molecule has 1 unspecified atom stereocenters. The van der Waals surface area contributed by atoms with Crippen molar-refractivity contribution >= 4 is 23.5 Å². The number of amides is 2. The number of hydrogen-bond donors (Lipinski definition) is 4. The largest absolute Gasteiger partial charge is 0.507 e. The smallest absolute Gasteiger partial charge is 0.243 e. The topological polar surface area (TPSA) is 228 Å². The van der Waals surface area contributed by atoms with E-state index in [1.54, 1.807) is 42.6 Å². The summed E-state index contributed by atoms with van der Waals surface area (Å²) in [5.41, 5.74) is 9.93. The number of carbonyl (C=O) groups excluding carboxylic acids is 2. The number of ether oxygens (including phenoxy) is 1. The van der Waals surface area contributed by atoms with Gasteiger partial charge in [0.25, 0.3) is 0 Å². The molecule has 5 N–H and O–H groups in total. The molecule has 4 saturated heterocycles. The minimum absolute atomic E-state index is 0.0696. The fourth-order valence-electron chi connectivity index (χ4n) is 12.3. The molecule has 406 valence electrons. The standard InChI is InChI=1S/C59H74N12O6/c1-37(2)56(59(75)70-36-47(72)30-52(70)58(74)63-38(3)43-12-9-40(32-60)10-13-43)54-31-55(66-77-54)69-23-15-41(16-24-69)34-67-21-19-48(20-22-67)76-49-28-46(29-49)68-25-17-44(18-26-68)39(4)71-35-42(33-62-71)11-14-45-27-51(64-65-57(45)61)50-7-5-6-8-53(50)73/h5-10,12-13,27,31,33,35,37-39,41,44,46-49,52,56,72-73H,15-26,28-30,34,36H2,1-4H3,(H2,61,65)(H,63,74)/t38-,39?,46?,47+,49?,52-,56+/m0/s1. The van der Waals surface area contributed by atoms with Crippen LogP contribution < -0.4 is 16.0 Å². The van der Waals surface area contributed by atoms with Gasteiger partial charge in [0.1, 0.15) is 17.7 Å². The molecule has 18 heteroatoms. The van der Waals surface area contributed by atoms with E-state index in [1.165, 1.54) is 4.90 Å². The Hall–Kier alpha value is -6.83. The number of aliphatic hydroxyl groups excluding tert-OH is 1.